The fraction of sp³-hybridized carbons (Fsp3) is 0.200. The summed E-state index contributed by atoms with van der Waals surface area (Å²) in [4.78, 5) is 40.0. The number of nitrogens with one attached hydrogen (secondary N) is 1. The standard InChI is InChI=1S/C20H17N5O5/c1-2-22-16-8-7-13(11-17(16)25(28)29)20(27)30-12-18-23-15-6-4-3-5-14(15)19(26)24(18)10-9-21/h3-8,11,22H,2,10,12H2,1H3. The van der Waals surface area contributed by atoms with Gasteiger partial charge in [0.05, 0.1) is 27.5 Å². The van der Waals surface area contributed by atoms with Gasteiger partial charge in [-0.25, -0.2) is 9.78 Å². The number of ether oxygens (including phenoxy) is 1. The summed E-state index contributed by atoms with van der Waals surface area (Å²) >= 11 is 0. The fourth-order valence-electron chi connectivity index (χ4n) is 2.92. The van der Waals surface area contributed by atoms with Crippen LogP contribution in [0.5, 0.6) is 0 Å². The van der Waals surface area contributed by atoms with Crippen molar-refractivity contribution in [2.24, 2.45) is 0 Å². The number of carbonyl (C=O) groups is 1. The first-order valence-electron chi connectivity index (χ1n) is 9.01. The SMILES string of the molecule is CCNc1ccc(C(=O)OCc2nc3ccccc3c(=O)n2CC#N)cc1[N+](=O)[O-]. The highest BCUT2D eigenvalue weighted by Gasteiger charge is 2.19. The number of aromatic nitrogens is 2. The van der Waals surface area contributed by atoms with Crippen molar-refractivity contribution >= 4 is 28.2 Å². The largest absolute Gasteiger partial charge is 0.454 e. The summed E-state index contributed by atoms with van der Waals surface area (Å²) in [7, 11) is 0. The number of carbonyl (C=O) groups excluding carboxylic acids is 1. The molecule has 10 nitrogen and oxygen atoms in total. The van der Waals surface area contributed by atoms with Crippen LogP contribution in [0, 0.1) is 21.4 Å². The molecule has 0 bridgehead atoms. The van der Waals surface area contributed by atoms with Crippen molar-refractivity contribution in [2.75, 3.05) is 11.9 Å². The Bertz CT molecular complexity index is 1230. The van der Waals surface area contributed by atoms with Crippen LogP contribution in [0.15, 0.2) is 47.3 Å². The van der Waals surface area contributed by atoms with Gasteiger partial charge < -0.3 is 10.1 Å². The topological polar surface area (TPSA) is 140 Å². The number of para-hydroxylation sites is 1. The van der Waals surface area contributed by atoms with Gasteiger partial charge in [0.2, 0.25) is 0 Å². The summed E-state index contributed by atoms with van der Waals surface area (Å²) in [5, 5.41) is 23.5. The van der Waals surface area contributed by atoms with E-state index in [0.717, 1.165) is 10.6 Å². The van der Waals surface area contributed by atoms with Crippen LogP contribution in [-0.2, 0) is 17.9 Å². The van der Waals surface area contributed by atoms with Crippen LogP contribution in [0.25, 0.3) is 10.9 Å². The molecule has 30 heavy (non-hydrogen) atoms. The highest BCUT2D eigenvalue weighted by Crippen LogP contribution is 2.26. The molecule has 0 spiro atoms. The van der Waals surface area contributed by atoms with Crippen LogP contribution in [0.4, 0.5) is 11.4 Å². The van der Waals surface area contributed by atoms with Crippen LogP contribution in [0.3, 0.4) is 0 Å². The Kier molecular flexibility index (Phi) is 6.03. The minimum absolute atomic E-state index is 0.0154. The number of nitriles is 1. The van der Waals surface area contributed by atoms with Crippen LogP contribution in [0.2, 0.25) is 0 Å². The van der Waals surface area contributed by atoms with Gasteiger partial charge in [-0.05, 0) is 31.2 Å². The molecule has 0 fully saturated rings. The van der Waals surface area contributed by atoms with Crippen molar-refractivity contribution in [2.45, 2.75) is 20.1 Å². The second-order valence-corrected chi connectivity index (χ2v) is 6.19. The average molecular weight is 407 g/mol. The zero-order valence-corrected chi connectivity index (χ0v) is 16.0. The predicted octanol–water partition coefficient (Wildman–Crippen LogP) is 2.62. The predicted molar refractivity (Wildman–Crippen MR) is 108 cm³/mol. The molecule has 10 heteroatoms. The highest BCUT2D eigenvalue weighted by molar-refractivity contribution is 5.91. The van der Waals surface area contributed by atoms with Crippen molar-refractivity contribution < 1.29 is 14.5 Å². The lowest BCUT2D eigenvalue weighted by Crippen LogP contribution is -2.26. The third-order valence-corrected chi connectivity index (χ3v) is 4.30. The van der Waals surface area contributed by atoms with Crippen molar-refractivity contribution in [3.05, 3.63) is 74.3 Å². The third kappa shape index (κ3) is 4.10. The Labute approximate surface area is 170 Å². The number of benzene rings is 2. The first-order valence-corrected chi connectivity index (χ1v) is 9.01. The lowest BCUT2D eigenvalue weighted by Gasteiger charge is -2.11. The second-order valence-electron chi connectivity index (χ2n) is 6.19. The number of anilines is 1. The van der Waals surface area contributed by atoms with Gasteiger partial charge in [0.1, 0.15) is 18.8 Å². The van der Waals surface area contributed by atoms with Crippen LogP contribution in [-0.4, -0.2) is 27.0 Å². The molecule has 0 saturated carbocycles. The zero-order chi connectivity index (χ0) is 21.7. The van der Waals surface area contributed by atoms with Gasteiger partial charge in [0.25, 0.3) is 11.2 Å². The van der Waals surface area contributed by atoms with Gasteiger partial charge in [-0.1, -0.05) is 12.1 Å². The van der Waals surface area contributed by atoms with Crippen molar-refractivity contribution in [3.8, 4) is 6.07 Å². The molecule has 0 unspecified atom stereocenters. The molecule has 1 N–H and O–H groups in total. The van der Waals surface area contributed by atoms with Gasteiger partial charge in [0, 0.05) is 12.6 Å². The number of nitrogens with zero attached hydrogens (tertiary/aromatic N) is 4. The monoisotopic (exact) mass is 407 g/mol. The minimum Gasteiger partial charge on any atom is -0.454 e. The molecule has 1 heterocycles. The Hall–Kier alpha value is -4.26. The van der Waals surface area contributed by atoms with Gasteiger partial charge in [-0.2, -0.15) is 5.26 Å². The molecule has 3 aromatic rings. The van der Waals surface area contributed by atoms with E-state index < -0.39 is 16.5 Å². The third-order valence-electron chi connectivity index (χ3n) is 4.30. The molecule has 0 radical (unpaired) electrons. The molecule has 0 aliphatic carbocycles. The van der Waals surface area contributed by atoms with E-state index in [4.69, 9.17) is 10.00 Å². The number of nitro benzene ring substituents is 1. The molecule has 0 atom stereocenters. The molecule has 0 saturated heterocycles. The van der Waals surface area contributed by atoms with E-state index in [-0.39, 0.29) is 35.9 Å². The fourth-order valence-corrected chi connectivity index (χ4v) is 2.92. The highest BCUT2D eigenvalue weighted by atomic mass is 16.6. The maximum atomic E-state index is 12.6. The summed E-state index contributed by atoms with van der Waals surface area (Å²) in [5.41, 5.74) is 0.0140. The van der Waals surface area contributed by atoms with E-state index in [0.29, 0.717) is 17.4 Å². The van der Waals surface area contributed by atoms with E-state index in [9.17, 15) is 19.7 Å². The van der Waals surface area contributed by atoms with Crippen molar-refractivity contribution in [1.29, 1.82) is 5.26 Å². The molecular formula is C20H17N5O5. The normalized spacial score (nSPS) is 10.4. The molecule has 0 aliphatic heterocycles. The number of hydrogen-bond donors (Lipinski definition) is 1. The van der Waals surface area contributed by atoms with E-state index in [1.54, 1.807) is 31.2 Å². The Balaban J connectivity index is 1.89. The molecular weight excluding hydrogens is 390 g/mol. The molecule has 152 valence electrons. The summed E-state index contributed by atoms with van der Waals surface area (Å²) in [6, 6.07) is 12.5. The quantitative estimate of drug-likeness (QED) is 0.358. The lowest BCUT2D eigenvalue weighted by molar-refractivity contribution is -0.384. The van der Waals surface area contributed by atoms with Gasteiger partial charge >= 0.3 is 5.97 Å². The van der Waals surface area contributed by atoms with Gasteiger partial charge in [0.15, 0.2) is 5.82 Å². The van der Waals surface area contributed by atoms with Crippen molar-refractivity contribution in [3.63, 3.8) is 0 Å². The Morgan fingerprint density at radius 3 is 2.80 bits per heavy atom. The van der Waals surface area contributed by atoms with E-state index in [1.165, 1.54) is 12.1 Å². The smallest absolute Gasteiger partial charge is 0.338 e. The Morgan fingerprint density at radius 1 is 1.33 bits per heavy atom. The maximum absolute atomic E-state index is 12.6. The average Bonchev–Trinajstić information content (AvgIpc) is 2.74. The first kappa shape index (κ1) is 20.5. The summed E-state index contributed by atoms with van der Waals surface area (Å²) in [6.07, 6.45) is 0. The molecule has 1 aromatic heterocycles. The van der Waals surface area contributed by atoms with Gasteiger partial charge in [-0.3, -0.25) is 19.5 Å². The van der Waals surface area contributed by atoms with E-state index in [1.807, 2.05) is 6.07 Å². The molecule has 0 aliphatic rings. The molecule has 0 amide bonds. The van der Waals surface area contributed by atoms with Crippen LogP contribution in [0.1, 0.15) is 23.1 Å². The van der Waals surface area contributed by atoms with Crippen molar-refractivity contribution in [1.82, 2.24) is 9.55 Å². The Morgan fingerprint density at radius 2 is 2.10 bits per heavy atom. The summed E-state index contributed by atoms with van der Waals surface area (Å²) in [5.74, 6) is -0.709. The summed E-state index contributed by atoms with van der Waals surface area (Å²) < 4.78 is 6.36. The van der Waals surface area contributed by atoms with Crippen LogP contribution < -0.4 is 10.9 Å². The maximum Gasteiger partial charge on any atom is 0.338 e. The van der Waals surface area contributed by atoms with Crippen LogP contribution >= 0.6 is 0 Å². The molecule has 2 aromatic carbocycles. The number of rotatable bonds is 7. The number of nitro groups is 1. The first-order chi connectivity index (χ1) is 14.5. The van der Waals surface area contributed by atoms with E-state index in [2.05, 4.69) is 10.3 Å². The number of fused-ring (bicyclic) bond motifs is 1. The lowest BCUT2D eigenvalue weighted by atomic mass is 10.1. The zero-order valence-electron chi connectivity index (χ0n) is 16.0. The van der Waals surface area contributed by atoms with Gasteiger partial charge in [-0.15, -0.1) is 0 Å². The van der Waals surface area contributed by atoms with E-state index >= 15 is 0 Å². The molecule has 3 rings (SSSR count). The number of hydrogen-bond acceptors (Lipinski definition) is 8. The number of esters is 1. The summed E-state index contributed by atoms with van der Waals surface area (Å²) in [6.45, 7) is 1.65. The minimum atomic E-state index is -0.813. The second kappa shape index (κ2) is 8.83.